The van der Waals surface area contributed by atoms with Crippen LogP contribution in [0.25, 0.3) is 21.8 Å². The van der Waals surface area contributed by atoms with E-state index < -0.39 is 17.3 Å². The van der Waals surface area contributed by atoms with Gasteiger partial charge in [-0.15, -0.1) is 0 Å². The van der Waals surface area contributed by atoms with Gasteiger partial charge in [-0.25, -0.2) is 9.37 Å². The van der Waals surface area contributed by atoms with Crippen molar-refractivity contribution in [3.8, 4) is 0 Å². The molecule has 1 amide bonds. The smallest absolute Gasteiger partial charge is 0.255 e. The van der Waals surface area contributed by atoms with E-state index in [9.17, 15) is 14.0 Å². The maximum absolute atomic E-state index is 14.8. The molecular weight excluding hydrogens is 529 g/mol. The predicted molar refractivity (Wildman–Crippen MR) is 158 cm³/mol. The summed E-state index contributed by atoms with van der Waals surface area (Å²) in [6.45, 7) is 9.39. The highest BCUT2D eigenvalue weighted by Gasteiger charge is 2.26. The molecule has 3 heterocycles. The maximum Gasteiger partial charge on any atom is 0.255 e. The van der Waals surface area contributed by atoms with E-state index in [1.807, 2.05) is 52.8 Å². The molecule has 0 saturated carbocycles. The Kier molecular flexibility index (Phi) is 8.05. The summed E-state index contributed by atoms with van der Waals surface area (Å²) in [6.07, 6.45) is 3.39. The largest absolute Gasteiger partial charge is 0.354 e. The number of fused-ring (bicyclic) bond motifs is 2. The van der Waals surface area contributed by atoms with Crippen LogP contribution in [0.3, 0.4) is 0 Å². The van der Waals surface area contributed by atoms with E-state index in [1.54, 1.807) is 42.7 Å². The third-order valence-corrected chi connectivity index (χ3v) is 6.79. The molecule has 3 aromatic heterocycles. The predicted octanol–water partition coefficient (Wildman–Crippen LogP) is 6.12. The van der Waals surface area contributed by atoms with Crippen LogP contribution in [0.1, 0.15) is 54.9 Å². The second-order valence-electron chi connectivity index (χ2n) is 10.7. The Bertz CT molecular complexity index is 1740. The molecule has 0 fully saturated rings. The second kappa shape index (κ2) is 11.2. The number of halogens is 2. The summed E-state index contributed by atoms with van der Waals surface area (Å²) in [7, 11) is 0. The summed E-state index contributed by atoms with van der Waals surface area (Å²) in [5.41, 5.74) is 8.04. The van der Waals surface area contributed by atoms with Crippen LogP contribution in [0.2, 0.25) is 5.15 Å². The molecule has 0 radical (unpaired) electrons. The molecule has 206 valence electrons. The van der Waals surface area contributed by atoms with E-state index in [2.05, 4.69) is 20.3 Å². The summed E-state index contributed by atoms with van der Waals surface area (Å²) < 4.78 is 14.8. The van der Waals surface area contributed by atoms with Gasteiger partial charge < -0.3 is 16.0 Å². The number of pyridine rings is 3. The van der Waals surface area contributed by atoms with Crippen molar-refractivity contribution in [1.29, 1.82) is 0 Å². The number of para-hydroxylation sites is 1. The van der Waals surface area contributed by atoms with Crippen molar-refractivity contribution in [1.82, 2.24) is 20.3 Å². The van der Waals surface area contributed by atoms with Crippen LogP contribution in [-0.2, 0) is 11.1 Å². The zero-order valence-corrected chi connectivity index (χ0v) is 23.7. The van der Waals surface area contributed by atoms with Crippen molar-refractivity contribution in [2.45, 2.75) is 45.7 Å². The highest BCUT2D eigenvalue weighted by atomic mass is 35.5. The highest BCUT2D eigenvalue weighted by molar-refractivity contribution is 6.29. The number of aryl methyl sites for hydroxylation is 1. The summed E-state index contributed by atoms with van der Waals surface area (Å²) in [6, 6.07) is 16.9. The van der Waals surface area contributed by atoms with E-state index in [0.717, 1.165) is 22.9 Å². The normalized spacial score (nSPS) is 11.7. The van der Waals surface area contributed by atoms with Crippen LogP contribution >= 0.6 is 11.6 Å². The summed E-state index contributed by atoms with van der Waals surface area (Å²) >= 11 is 5.61. The molecule has 0 bridgehead atoms. The highest BCUT2D eigenvalue weighted by Crippen LogP contribution is 2.23. The van der Waals surface area contributed by atoms with Crippen LogP contribution in [-0.4, -0.2) is 20.9 Å². The van der Waals surface area contributed by atoms with Gasteiger partial charge in [-0.3, -0.25) is 14.6 Å². The molecule has 0 aliphatic rings. The van der Waals surface area contributed by atoms with Gasteiger partial charge >= 0.3 is 0 Å². The number of amides is 1. The Morgan fingerprint density at radius 1 is 0.925 bits per heavy atom. The molecule has 0 spiro atoms. The Hall–Kier alpha value is -4.14. The summed E-state index contributed by atoms with van der Waals surface area (Å²) in [5.74, 6) is -1.31. The molecule has 5 aromatic rings. The number of nitrogens with zero attached hydrogens (tertiary/aromatic N) is 2. The van der Waals surface area contributed by atoms with E-state index in [1.165, 1.54) is 6.07 Å². The minimum Gasteiger partial charge on any atom is -0.354 e. The third-order valence-electron chi connectivity index (χ3n) is 6.57. The Morgan fingerprint density at radius 3 is 2.23 bits per heavy atom. The number of aromatic nitrogens is 3. The zero-order valence-electron chi connectivity index (χ0n) is 23.0. The van der Waals surface area contributed by atoms with Gasteiger partial charge in [0.05, 0.1) is 16.6 Å². The van der Waals surface area contributed by atoms with Crippen molar-refractivity contribution in [2.75, 3.05) is 0 Å². The topological polar surface area (TPSA) is 114 Å². The summed E-state index contributed by atoms with van der Waals surface area (Å²) in [4.78, 5) is 36.8. The quantitative estimate of drug-likeness (QED) is 0.181. The number of aromatic amines is 1. The van der Waals surface area contributed by atoms with Crippen LogP contribution in [0.15, 0.2) is 77.9 Å². The SMILES string of the molecule is CC(C)(N)c1ccc(Cl)nc1.Cc1ccc(C(C)(C)NC(=O)c2cc3[nH]c4ccccc4c(=O)c3cc2F)cn1. The fraction of sp³-hybridized carbons (Fsp3) is 0.226. The first-order valence-electron chi connectivity index (χ1n) is 12.7. The number of hydrogen-bond acceptors (Lipinski definition) is 5. The first-order valence-corrected chi connectivity index (χ1v) is 13.0. The van der Waals surface area contributed by atoms with E-state index >= 15 is 0 Å². The Morgan fingerprint density at radius 2 is 1.60 bits per heavy atom. The molecule has 0 atom stereocenters. The third kappa shape index (κ3) is 6.35. The number of hydrogen-bond donors (Lipinski definition) is 3. The van der Waals surface area contributed by atoms with Gasteiger partial charge in [-0.05, 0) is 82.1 Å². The van der Waals surface area contributed by atoms with Crippen molar-refractivity contribution >= 4 is 39.3 Å². The Balaban J connectivity index is 0.000000283. The van der Waals surface area contributed by atoms with E-state index in [4.69, 9.17) is 17.3 Å². The minimum absolute atomic E-state index is 0.128. The lowest BCUT2D eigenvalue weighted by Gasteiger charge is -2.27. The number of carbonyl (C=O) groups excluding carboxylic acids is 1. The Labute approximate surface area is 236 Å². The van der Waals surface area contributed by atoms with E-state index in [-0.39, 0.29) is 21.9 Å². The van der Waals surface area contributed by atoms with Gasteiger partial charge in [0.25, 0.3) is 5.91 Å². The van der Waals surface area contributed by atoms with Gasteiger partial charge in [0.1, 0.15) is 11.0 Å². The van der Waals surface area contributed by atoms with Crippen LogP contribution in [0.4, 0.5) is 4.39 Å². The molecule has 4 N–H and O–H groups in total. The molecule has 0 aliphatic heterocycles. The second-order valence-corrected chi connectivity index (χ2v) is 11.1. The molecule has 0 unspecified atom stereocenters. The fourth-order valence-electron chi connectivity index (χ4n) is 4.14. The first-order chi connectivity index (χ1) is 18.8. The fourth-order valence-corrected chi connectivity index (χ4v) is 4.25. The number of H-pyrrole nitrogens is 1. The zero-order chi connectivity index (χ0) is 29.2. The van der Waals surface area contributed by atoms with Gasteiger partial charge in [0.15, 0.2) is 5.43 Å². The number of nitrogens with two attached hydrogens (primary N) is 1. The molecule has 2 aromatic carbocycles. The lowest BCUT2D eigenvalue weighted by atomic mass is 9.95. The average molecular weight is 560 g/mol. The molecule has 0 aliphatic carbocycles. The minimum atomic E-state index is -0.754. The standard InChI is InChI=1S/C23H20FN3O2.C8H11ClN2/c1-13-8-9-14(12-25-13)23(2,3)27-22(29)16-11-20-17(10-18(16)24)21(28)15-6-4-5-7-19(15)26-20;1-8(2,10)6-3-4-7(9)11-5-6/h4-12H,1-3H3,(H,26,28)(H,27,29);3-5H,10H2,1-2H3. The van der Waals surface area contributed by atoms with Gasteiger partial charge in [0, 0.05) is 39.9 Å². The number of rotatable bonds is 4. The van der Waals surface area contributed by atoms with Gasteiger partial charge in [-0.2, -0.15) is 0 Å². The monoisotopic (exact) mass is 559 g/mol. The summed E-state index contributed by atoms with van der Waals surface area (Å²) in [5, 5.41) is 4.04. The lowest BCUT2D eigenvalue weighted by molar-refractivity contribution is 0.0908. The number of benzene rings is 2. The average Bonchev–Trinajstić information content (AvgIpc) is 2.89. The first kappa shape index (κ1) is 28.9. The van der Waals surface area contributed by atoms with Crippen LogP contribution < -0.4 is 16.5 Å². The van der Waals surface area contributed by atoms with Crippen molar-refractivity contribution < 1.29 is 9.18 Å². The van der Waals surface area contributed by atoms with Gasteiger partial charge in [0.2, 0.25) is 0 Å². The molecule has 5 rings (SSSR count). The van der Waals surface area contributed by atoms with Crippen LogP contribution in [0.5, 0.6) is 0 Å². The lowest BCUT2D eigenvalue weighted by Crippen LogP contribution is -2.41. The number of nitrogens with one attached hydrogen (secondary N) is 2. The number of carbonyl (C=O) groups is 1. The van der Waals surface area contributed by atoms with E-state index in [0.29, 0.717) is 21.6 Å². The van der Waals surface area contributed by atoms with Crippen molar-refractivity contribution in [3.63, 3.8) is 0 Å². The van der Waals surface area contributed by atoms with Crippen LogP contribution in [0, 0.1) is 12.7 Å². The maximum atomic E-state index is 14.8. The molecule has 9 heteroatoms. The molecular formula is C31H31ClFN5O2. The molecule has 7 nitrogen and oxygen atoms in total. The molecule has 40 heavy (non-hydrogen) atoms. The van der Waals surface area contributed by atoms with Crippen molar-refractivity contribution in [2.24, 2.45) is 5.73 Å². The van der Waals surface area contributed by atoms with Gasteiger partial charge in [-0.1, -0.05) is 35.9 Å². The van der Waals surface area contributed by atoms with Crippen molar-refractivity contribution in [3.05, 3.63) is 117 Å². The molecule has 0 saturated heterocycles.